The Balaban J connectivity index is 1.83. The number of fused-ring (bicyclic) bond motifs is 1. The first kappa shape index (κ1) is 18.2. The zero-order valence-corrected chi connectivity index (χ0v) is 15.7. The first-order valence-corrected chi connectivity index (χ1v) is 8.86. The summed E-state index contributed by atoms with van der Waals surface area (Å²) in [4.78, 5) is 23.5. The van der Waals surface area contributed by atoms with Crippen molar-refractivity contribution in [2.45, 2.75) is 51.5 Å². The van der Waals surface area contributed by atoms with Crippen molar-refractivity contribution in [2.24, 2.45) is 0 Å². The van der Waals surface area contributed by atoms with Gasteiger partial charge in [-0.25, -0.2) is 4.79 Å². The fourth-order valence-corrected chi connectivity index (χ4v) is 3.61. The van der Waals surface area contributed by atoms with Crippen molar-refractivity contribution in [2.75, 3.05) is 5.32 Å². The maximum Gasteiger partial charge on any atom is 0.335 e. The molecule has 0 bridgehead atoms. The fourth-order valence-electron chi connectivity index (χ4n) is 3.61. The monoisotopic (exact) mass is 351 g/mol. The number of carbonyl (C=O) groups excluding carboxylic acids is 1. The second kappa shape index (κ2) is 6.27. The van der Waals surface area contributed by atoms with Crippen LogP contribution in [0, 0.1) is 0 Å². The van der Waals surface area contributed by atoms with Crippen LogP contribution in [0.4, 0.5) is 5.69 Å². The second-order valence-corrected chi connectivity index (χ2v) is 8.22. The number of ketones is 1. The minimum absolute atomic E-state index is 0.138. The van der Waals surface area contributed by atoms with E-state index in [2.05, 4.69) is 37.4 Å². The smallest absolute Gasteiger partial charge is 0.335 e. The molecule has 0 aliphatic heterocycles. The molecule has 0 atom stereocenters. The Morgan fingerprint density at radius 1 is 1.04 bits per heavy atom. The molecule has 4 heteroatoms. The van der Waals surface area contributed by atoms with Gasteiger partial charge in [-0.3, -0.25) is 4.79 Å². The Bertz CT molecular complexity index is 863. The first-order valence-electron chi connectivity index (χ1n) is 8.86. The molecule has 0 fully saturated rings. The zero-order chi connectivity index (χ0) is 19.1. The number of rotatable bonds is 4. The Kier molecular flexibility index (Phi) is 4.39. The number of carboxylic acid groups (broad SMARTS) is 1. The summed E-state index contributed by atoms with van der Waals surface area (Å²) in [5.41, 5.74) is 3.99. The van der Waals surface area contributed by atoms with E-state index in [1.807, 2.05) is 13.8 Å². The van der Waals surface area contributed by atoms with Crippen molar-refractivity contribution in [3.05, 3.63) is 64.7 Å². The lowest BCUT2D eigenvalue weighted by Gasteiger charge is -2.40. The second-order valence-electron chi connectivity index (χ2n) is 8.22. The number of carboxylic acids is 1. The van der Waals surface area contributed by atoms with Gasteiger partial charge in [0.1, 0.15) is 5.78 Å². The van der Waals surface area contributed by atoms with E-state index >= 15 is 0 Å². The molecule has 4 nitrogen and oxygen atoms in total. The maximum absolute atomic E-state index is 12.6. The predicted molar refractivity (Wildman–Crippen MR) is 103 cm³/mol. The fraction of sp³-hybridized carbons (Fsp3) is 0.364. The molecule has 2 aromatic rings. The van der Waals surface area contributed by atoms with Gasteiger partial charge in [0.2, 0.25) is 0 Å². The van der Waals surface area contributed by atoms with Gasteiger partial charge in [-0.15, -0.1) is 0 Å². The van der Waals surface area contributed by atoms with Gasteiger partial charge in [0, 0.05) is 24.1 Å². The molecule has 0 radical (unpaired) electrons. The molecule has 0 heterocycles. The molecular formula is C22H25NO3. The van der Waals surface area contributed by atoms with E-state index in [9.17, 15) is 9.59 Å². The van der Waals surface area contributed by atoms with E-state index in [0.29, 0.717) is 13.0 Å². The molecular weight excluding hydrogens is 326 g/mol. The summed E-state index contributed by atoms with van der Waals surface area (Å²) in [5.74, 6) is -0.648. The van der Waals surface area contributed by atoms with Crippen LogP contribution in [0.25, 0.3) is 0 Å². The third-order valence-electron chi connectivity index (χ3n) is 5.41. The summed E-state index contributed by atoms with van der Waals surface area (Å²) in [5, 5.41) is 12.3. The molecule has 0 spiro atoms. The van der Waals surface area contributed by atoms with Crippen molar-refractivity contribution in [1.29, 1.82) is 0 Å². The van der Waals surface area contributed by atoms with Gasteiger partial charge >= 0.3 is 5.97 Å². The Hall–Kier alpha value is -2.62. The summed E-state index contributed by atoms with van der Waals surface area (Å²) in [7, 11) is 0. The standard InChI is InChI=1S/C22H25NO3/c1-21(2)12-19(24)22(3,4)18-11-14(5-10-17(18)21)13-23-16-8-6-15(7-9-16)20(25)26/h5-11,23H,12-13H2,1-4H3,(H,25,26). The SMILES string of the molecule is CC1(C)CC(=O)C(C)(C)c2cc(CNc3ccc(C(=O)O)cc3)ccc21. The molecule has 0 saturated carbocycles. The van der Waals surface area contributed by atoms with E-state index in [1.54, 1.807) is 24.3 Å². The van der Waals surface area contributed by atoms with Crippen molar-refractivity contribution in [1.82, 2.24) is 0 Å². The quantitative estimate of drug-likeness (QED) is 0.849. The van der Waals surface area contributed by atoms with Crippen molar-refractivity contribution < 1.29 is 14.7 Å². The average molecular weight is 351 g/mol. The highest BCUT2D eigenvalue weighted by atomic mass is 16.4. The molecule has 0 saturated heterocycles. The van der Waals surface area contributed by atoms with Crippen LogP contribution in [0.1, 0.15) is 61.2 Å². The van der Waals surface area contributed by atoms with Crippen molar-refractivity contribution >= 4 is 17.4 Å². The van der Waals surface area contributed by atoms with Gasteiger partial charge < -0.3 is 10.4 Å². The van der Waals surface area contributed by atoms with Crippen LogP contribution in [0.5, 0.6) is 0 Å². The largest absolute Gasteiger partial charge is 0.478 e. The third-order valence-corrected chi connectivity index (χ3v) is 5.41. The normalized spacial score (nSPS) is 17.5. The van der Waals surface area contributed by atoms with E-state index in [4.69, 9.17) is 5.11 Å². The van der Waals surface area contributed by atoms with Gasteiger partial charge in [0.25, 0.3) is 0 Å². The minimum atomic E-state index is -0.930. The number of hydrogen-bond donors (Lipinski definition) is 2. The highest BCUT2D eigenvalue weighted by molar-refractivity contribution is 5.93. The van der Waals surface area contributed by atoms with E-state index in [1.165, 1.54) is 5.56 Å². The van der Waals surface area contributed by atoms with Gasteiger partial charge in [-0.2, -0.15) is 0 Å². The molecule has 0 aromatic heterocycles. The molecule has 0 amide bonds. The summed E-state index contributed by atoms with van der Waals surface area (Å²) in [6.07, 6.45) is 0.570. The molecule has 1 aliphatic rings. The number of carbonyl (C=O) groups is 2. The highest BCUT2D eigenvalue weighted by Crippen LogP contribution is 2.43. The summed E-state index contributed by atoms with van der Waals surface area (Å²) in [6.45, 7) is 8.88. The molecule has 1 aliphatic carbocycles. The Morgan fingerprint density at radius 3 is 2.31 bits per heavy atom. The van der Waals surface area contributed by atoms with Gasteiger partial charge in [0.05, 0.1) is 5.56 Å². The Morgan fingerprint density at radius 2 is 1.69 bits per heavy atom. The number of anilines is 1. The minimum Gasteiger partial charge on any atom is -0.478 e. The summed E-state index contributed by atoms with van der Waals surface area (Å²) < 4.78 is 0. The van der Waals surface area contributed by atoms with Crippen LogP contribution in [0.2, 0.25) is 0 Å². The highest BCUT2D eigenvalue weighted by Gasteiger charge is 2.43. The van der Waals surface area contributed by atoms with E-state index in [0.717, 1.165) is 16.8 Å². The Labute approximate surface area is 154 Å². The van der Waals surface area contributed by atoms with Crippen LogP contribution in [0.15, 0.2) is 42.5 Å². The molecule has 26 heavy (non-hydrogen) atoms. The number of Topliss-reactive ketones (excluding diaryl/α,β-unsaturated/α-hetero) is 1. The number of nitrogens with one attached hydrogen (secondary N) is 1. The molecule has 2 N–H and O–H groups in total. The van der Waals surface area contributed by atoms with E-state index in [-0.39, 0.29) is 16.8 Å². The molecule has 136 valence electrons. The number of hydrogen-bond acceptors (Lipinski definition) is 3. The first-order chi connectivity index (χ1) is 12.1. The van der Waals surface area contributed by atoms with Crippen molar-refractivity contribution in [3.8, 4) is 0 Å². The van der Waals surface area contributed by atoms with Gasteiger partial charge in [-0.05, 0) is 60.2 Å². The van der Waals surface area contributed by atoms with Crippen LogP contribution >= 0.6 is 0 Å². The summed E-state index contributed by atoms with van der Waals surface area (Å²) in [6, 6.07) is 13.1. The number of aromatic carboxylic acids is 1. The van der Waals surface area contributed by atoms with E-state index < -0.39 is 11.4 Å². The van der Waals surface area contributed by atoms with Crippen LogP contribution in [-0.4, -0.2) is 16.9 Å². The summed E-state index contributed by atoms with van der Waals surface area (Å²) >= 11 is 0. The van der Waals surface area contributed by atoms with Crippen molar-refractivity contribution in [3.63, 3.8) is 0 Å². The van der Waals surface area contributed by atoms with Gasteiger partial charge in [0.15, 0.2) is 0 Å². The average Bonchev–Trinajstić information content (AvgIpc) is 2.58. The maximum atomic E-state index is 12.6. The lowest BCUT2D eigenvalue weighted by molar-refractivity contribution is -0.125. The molecule has 0 unspecified atom stereocenters. The van der Waals surface area contributed by atoms with Crippen LogP contribution < -0.4 is 5.32 Å². The predicted octanol–water partition coefficient (Wildman–Crippen LogP) is 4.52. The van der Waals surface area contributed by atoms with Crippen LogP contribution in [-0.2, 0) is 22.2 Å². The third kappa shape index (κ3) is 3.24. The lowest BCUT2D eigenvalue weighted by Crippen LogP contribution is -2.42. The molecule has 2 aromatic carbocycles. The van der Waals surface area contributed by atoms with Gasteiger partial charge in [-0.1, -0.05) is 32.0 Å². The zero-order valence-electron chi connectivity index (χ0n) is 15.7. The molecule has 3 rings (SSSR count). The van der Waals surface area contributed by atoms with Crippen LogP contribution in [0.3, 0.4) is 0 Å². The number of benzene rings is 2. The lowest BCUT2D eigenvalue weighted by atomic mass is 9.62. The topological polar surface area (TPSA) is 66.4 Å².